The Morgan fingerprint density at radius 2 is 1.53 bits per heavy atom. The summed E-state index contributed by atoms with van der Waals surface area (Å²) in [6.07, 6.45) is 1.44. The summed E-state index contributed by atoms with van der Waals surface area (Å²) >= 11 is 6.20. The molecule has 43 heavy (non-hydrogen) atoms. The molecule has 4 rings (SSSR count). The molecule has 0 aliphatic carbocycles. The maximum absolute atomic E-state index is 13.9. The Morgan fingerprint density at radius 1 is 0.860 bits per heavy atom. The molecule has 0 aromatic heterocycles. The molecule has 0 saturated carbocycles. The SMILES string of the molecule is COc1ccc(S(=O)(=O)N(CC(=O)N/N=C\c2ccc(OCc3ccccc3)cc2)c2cc(Cl)ccc2OC)cc1OC. The van der Waals surface area contributed by atoms with Gasteiger partial charge in [-0.05, 0) is 65.7 Å². The summed E-state index contributed by atoms with van der Waals surface area (Å²) in [5, 5.41) is 4.24. The van der Waals surface area contributed by atoms with Crippen LogP contribution in [-0.4, -0.2) is 48.4 Å². The van der Waals surface area contributed by atoms with Gasteiger partial charge in [-0.3, -0.25) is 9.10 Å². The van der Waals surface area contributed by atoms with E-state index in [1.54, 1.807) is 30.3 Å². The highest BCUT2D eigenvalue weighted by atomic mass is 35.5. The first-order chi connectivity index (χ1) is 20.7. The standard InChI is InChI=1S/C31H30ClN3O7S/c1-39-28-15-11-24(32)17-27(28)35(43(37,38)26-14-16-29(40-2)30(18-26)41-3)20-31(36)34-33-19-22-9-12-25(13-10-22)42-21-23-7-5-4-6-8-23/h4-19H,20-21H2,1-3H3,(H,34,36)/b33-19-. The molecule has 4 aromatic rings. The normalized spacial score (nSPS) is 11.2. The topological polar surface area (TPSA) is 116 Å². The number of rotatable bonds is 13. The lowest BCUT2D eigenvalue weighted by molar-refractivity contribution is -0.119. The molecule has 0 fully saturated rings. The van der Waals surface area contributed by atoms with Crippen LogP contribution in [0.4, 0.5) is 5.69 Å². The van der Waals surface area contributed by atoms with E-state index in [4.69, 9.17) is 30.5 Å². The number of hydrogen-bond donors (Lipinski definition) is 1. The zero-order valence-electron chi connectivity index (χ0n) is 23.7. The first kappa shape index (κ1) is 31.2. The van der Waals surface area contributed by atoms with Gasteiger partial charge in [-0.15, -0.1) is 0 Å². The minimum Gasteiger partial charge on any atom is -0.495 e. The van der Waals surface area contributed by atoms with E-state index >= 15 is 0 Å². The Balaban J connectivity index is 1.51. The van der Waals surface area contributed by atoms with E-state index in [0.29, 0.717) is 23.7 Å². The predicted octanol–water partition coefficient (Wildman–Crippen LogP) is 5.29. The van der Waals surface area contributed by atoms with Crippen molar-refractivity contribution in [1.82, 2.24) is 5.43 Å². The van der Waals surface area contributed by atoms with Crippen LogP contribution < -0.4 is 28.7 Å². The number of nitrogens with zero attached hydrogens (tertiary/aromatic N) is 2. The lowest BCUT2D eigenvalue weighted by Crippen LogP contribution is -2.39. The largest absolute Gasteiger partial charge is 0.495 e. The van der Waals surface area contributed by atoms with Crippen molar-refractivity contribution >= 4 is 39.4 Å². The van der Waals surface area contributed by atoms with Crippen molar-refractivity contribution < 1.29 is 32.2 Å². The molecule has 1 amide bonds. The molecule has 224 valence electrons. The summed E-state index contributed by atoms with van der Waals surface area (Å²) in [7, 11) is -0.116. The quantitative estimate of drug-likeness (QED) is 0.159. The van der Waals surface area contributed by atoms with Gasteiger partial charge in [0.15, 0.2) is 11.5 Å². The van der Waals surface area contributed by atoms with Gasteiger partial charge < -0.3 is 18.9 Å². The van der Waals surface area contributed by atoms with E-state index in [-0.39, 0.29) is 27.1 Å². The van der Waals surface area contributed by atoms with Gasteiger partial charge in [0.05, 0.1) is 38.1 Å². The Bertz CT molecular complexity index is 1680. The van der Waals surface area contributed by atoms with Gasteiger partial charge in [0.1, 0.15) is 24.7 Å². The molecule has 0 heterocycles. The van der Waals surface area contributed by atoms with Crippen molar-refractivity contribution in [3.05, 3.63) is 107 Å². The van der Waals surface area contributed by atoms with Crippen molar-refractivity contribution in [2.45, 2.75) is 11.5 Å². The second kappa shape index (κ2) is 14.4. The maximum Gasteiger partial charge on any atom is 0.265 e. The molecule has 0 atom stereocenters. The fourth-order valence-corrected chi connectivity index (χ4v) is 5.60. The van der Waals surface area contributed by atoms with Crippen LogP contribution >= 0.6 is 11.6 Å². The monoisotopic (exact) mass is 623 g/mol. The van der Waals surface area contributed by atoms with Gasteiger partial charge in [0.25, 0.3) is 15.9 Å². The molecular weight excluding hydrogens is 594 g/mol. The van der Waals surface area contributed by atoms with E-state index in [2.05, 4.69) is 10.5 Å². The van der Waals surface area contributed by atoms with E-state index < -0.39 is 22.5 Å². The molecule has 0 aliphatic rings. The molecule has 10 nitrogen and oxygen atoms in total. The Hall–Kier alpha value is -4.74. The molecule has 0 aliphatic heterocycles. The maximum atomic E-state index is 13.9. The van der Waals surface area contributed by atoms with Crippen LogP contribution in [0.2, 0.25) is 5.02 Å². The van der Waals surface area contributed by atoms with E-state index in [1.165, 1.54) is 57.9 Å². The second-order valence-electron chi connectivity index (χ2n) is 8.98. The van der Waals surface area contributed by atoms with Crippen molar-refractivity contribution in [3.8, 4) is 23.0 Å². The number of hydrazone groups is 1. The number of hydrogen-bond acceptors (Lipinski definition) is 8. The molecule has 0 unspecified atom stereocenters. The Labute approximate surface area is 255 Å². The number of ether oxygens (including phenoxy) is 4. The van der Waals surface area contributed by atoms with Crippen molar-refractivity contribution in [2.75, 3.05) is 32.2 Å². The lowest BCUT2D eigenvalue weighted by atomic mass is 10.2. The summed E-state index contributed by atoms with van der Waals surface area (Å²) in [5.41, 5.74) is 4.19. The number of carbonyl (C=O) groups is 1. The summed E-state index contributed by atoms with van der Waals surface area (Å²) in [6, 6.07) is 25.5. The van der Waals surface area contributed by atoms with E-state index in [9.17, 15) is 13.2 Å². The second-order valence-corrected chi connectivity index (χ2v) is 11.3. The molecule has 0 radical (unpaired) electrons. The Kier molecular flexibility index (Phi) is 10.5. The van der Waals surface area contributed by atoms with Crippen LogP contribution in [0.15, 0.2) is 101 Å². The predicted molar refractivity (Wildman–Crippen MR) is 165 cm³/mol. The van der Waals surface area contributed by atoms with Gasteiger partial charge >= 0.3 is 0 Å². The molecule has 0 saturated heterocycles. The molecule has 0 bridgehead atoms. The van der Waals surface area contributed by atoms with Gasteiger partial charge in [-0.1, -0.05) is 41.9 Å². The van der Waals surface area contributed by atoms with E-state index in [1.807, 2.05) is 30.3 Å². The number of benzene rings is 4. The van der Waals surface area contributed by atoms with Gasteiger partial charge in [0, 0.05) is 11.1 Å². The number of nitrogens with one attached hydrogen (secondary N) is 1. The van der Waals surface area contributed by atoms with Gasteiger partial charge in [-0.25, -0.2) is 13.8 Å². The van der Waals surface area contributed by atoms with Crippen LogP contribution in [0.1, 0.15) is 11.1 Å². The molecular formula is C31H30ClN3O7S. The van der Waals surface area contributed by atoms with Crippen LogP contribution in [0.25, 0.3) is 0 Å². The third-order valence-corrected chi connectivity index (χ3v) is 8.16. The average molecular weight is 624 g/mol. The highest BCUT2D eigenvalue weighted by molar-refractivity contribution is 7.92. The third kappa shape index (κ3) is 7.97. The molecule has 12 heteroatoms. The third-order valence-electron chi connectivity index (χ3n) is 6.17. The highest BCUT2D eigenvalue weighted by Crippen LogP contribution is 2.37. The number of anilines is 1. The Morgan fingerprint density at radius 3 is 2.21 bits per heavy atom. The fourth-order valence-electron chi connectivity index (χ4n) is 4.00. The molecule has 1 N–H and O–H groups in total. The summed E-state index contributed by atoms with van der Waals surface area (Å²) in [4.78, 5) is 12.9. The molecule has 0 spiro atoms. The van der Waals surface area contributed by atoms with E-state index in [0.717, 1.165) is 9.87 Å². The zero-order chi connectivity index (χ0) is 30.8. The van der Waals surface area contributed by atoms with Gasteiger partial charge in [0.2, 0.25) is 0 Å². The average Bonchev–Trinajstić information content (AvgIpc) is 3.03. The number of sulfonamides is 1. The minimum absolute atomic E-state index is 0.0648. The van der Waals surface area contributed by atoms with Crippen LogP contribution in [0.5, 0.6) is 23.0 Å². The van der Waals surface area contributed by atoms with Gasteiger partial charge in [-0.2, -0.15) is 5.10 Å². The zero-order valence-corrected chi connectivity index (χ0v) is 25.3. The van der Waals surface area contributed by atoms with Crippen LogP contribution in [0.3, 0.4) is 0 Å². The highest BCUT2D eigenvalue weighted by Gasteiger charge is 2.30. The minimum atomic E-state index is -4.33. The molecule has 4 aromatic carbocycles. The number of methoxy groups -OCH3 is 3. The van der Waals surface area contributed by atoms with Crippen molar-refractivity contribution in [1.29, 1.82) is 0 Å². The smallest absolute Gasteiger partial charge is 0.265 e. The fraction of sp³-hybridized carbons (Fsp3) is 0.161. The summed E-state index contributed by atoms with van der Waals surface area (Å²) in [5.74, 6) is 0.712. The summed E-state index contributed by atoms with van der Waals surface area (Å²) < 4.78 is 50.3. The van der Waals surface area contributed by atoms with Crippen LogP contribution in [-0.2, 0) is 21.4 Å². The first-order valence-corrected chi connectivity index (χ1v) is 14.7. The number of amides is 1. The van der Waals surface area contributed by atoms with Crippen molar-refractivity contribution in [3.63, 3.8) is 0 Å². The lowest BCUT2D eigenvalue weighted by Gasteiger charge is -2.25. The van der Waals surface area contributed by atoms with Crippen molar-refractivity contribution in [2.24, 2.45) is 5.10 Å². The van der Waals surface area contributed by atoms with Crippen LogP contribution in [0, 0.1) is 0 Å². The number of halogens is 1. The summed E-state index contributed by atoms with van der Waals surface area (Å²) in [6.45, 7) is -0.193. The number of carbonyl (C=O) groups excluding carboxylic acids is 1. The first-order valence-electron chi connectivity index (χ1n) is 12.9.